The Balaban J connectivity index is 1.58. The number of amidine groups is 1. The zero-order valence-corrected chi connectivity index (χ0v) is 29.3. The minimum Gasteiger partial charge on any atom is -0.444 e. The molecule has 2 amide bonds. The smallest absolute Gasteiger partial charge is 0.416 e. The molecule has 48 heavy (non-hydrogen) atoms. The summed E-state index contributed by atoms with van der Waals surface area (Å²) in [6.07, 6.45) is 0.998. The van der Waals surface area contributed by atoms with Crippen LogP contribution >= 0.6 is 11.3 Å². The van der Waals surface area contributed by atoms with Gasteiger partial charge in [-0.05, 0) is 78.8 Å². The van der Waals surface area contributed by atoms with E-state index in [4.69, 9.17) is 25.9 Å². The zero-order valence-electron chi connectivity index (χ0n) is 28.5. The lowest BCUT2D eigenvalue weighted by Crippen LogP contribution is -2.41. The van der Waals surface area contributed by atoms with Gasteiger partial charge in [0.1, 0.15) is 33.5 Å². The first-order valence-electron chi connectivity index (χ1n) is 15.6. The number of ether oxygens (including phenoxy) is 2. The van der Waals surface area contributed by atoms with Gasteiger partial charge in [0.15, 0.2) is 5.84 Å². The number of nitrogens with one attached hydrogen (secondary N) is 1. The summed E-state index contributed by atoms with van der Waals surface area (Å²) in [5, 5.41) is 0.907. The molecule has 3 aromatic heterocycles. The topological polar surface area (TPSA) is 178 Å². The van der Waals surface area contributed by atoms with E-state index in [1.807, 2.05) is 32.9 Å². The van der Waals surface area contributed by atoms with Crippen molar-refractivity contribution in [2.24, 2.45) is 4.99 Å². The number of H-pyrrole nitrogens is 1. The number of halogens is 1. The second-order valence-corrected chi connectivity index (χ2v) is 14.2. The van der Waals surface area contributed by atoms with Crippen LogP contribution in [0.1, 0.15) is 70.7 Å². The van der Waals surface area contributed by atoms with Gasteiger partial charge in [-0.3, -0.25) is 14.9 Å². The van der Waals surface area contributed by atoms with Crippen LogP contribution in [-0.4, -0.2) is 78.6 Å². The van der Waals surface area contributed by atoms with Gasteiger partial charge in [-0.25, -0.2) is 23.9 Å². The Hall–Kier alpha value is -4.79. The summed E-state index contributed by atoms with van der Waals surface area (Å²) in [6, 6.07) is 8.18. The quantitative estimate of drug-likeness (QED) is 0.104. The average molecular weight is 682 g/mol. The van der Waals surface area contributed by atoms with Gasteiger partial charge in [-0.1, -0.05) is 0 Å². The number of pyridine rings is 1. The van der Waals surface area contributed by atoms with Crippen LogP contribution in [0.4, 0.5) is 24.7 Å². The first-order valence-corrected chi connectivity index (χ1v) is 16.5. The fourth-order valence-corrected chi connectivity index (χ4v) is 5.42. The second-order valence-electron chi connectivity index (χ2n) is 13.0. The first-order chi connectivity index (χ1) is 22.5. The van der Waals surface area contributed by atoms with Crippen LogP contribution in [0, 0.1) is 5.82 Å². The monoisotopic (exact) mass is 681 g/mol. The highest BCUT2D eigenvalue weighted by Crippen LogP contribution is 2.26. The molecule has 0 spiro atoms. The number of rotatable bonds is 10. The molecule has 3 heterocycles. The average Bonchev–Trinajstić information content (AvgIpc) is 3.55. The molecule has 13 nitrogen and oxygen atoms in total. The Bertz CT molecular complexity index is 1770. The van der Waals surface area contributed by atoms with E-state index in [2.05, 4.69) is 19.9 Å². The number of carbonyl (C=O) groups is 2. The van der Waals surface area contributed by atoms with Crippen LogP contribution in [0.5, 0.6) is 0 Å². The lowest BCUT2D eigenvalue weighted by Gasteiger charge is -2.28. The number of nitrogens with two attached hydrogens (primary N) is 2. The number of hydrogen-bond acceptors (Lipinski definition) is 11. The summed E-state index contributed by atoms with van der Waals surface area (Å²) in [7, 11) is 0. The second kappa shape index (κ2) is 15.0. The standard InChI is InChI=1S/C33H44FN9O4S/c1-8-37-29(43(31(45)47-33(5,6)7)19-24-21(34)10-9-15-38-24)27-28(36)48-26(41-27)14-17-42(30(44)46-32(2,3)4)16-13-25-39-22-12-11-20(35)18-23(22)40-25/h9-12,15,18H,8,13-14,16-17,19,35-36H2,1-7H3,(H,39,40). The fraction of sp³-hybridized carbons (Fsp3) is 0.455. The summed E-state index contributed by atoms with van der Waals surface area (Å²) < 4.78 is 26.1. The van der Waals surface area contributed by atoms with Gasteiger partial charge in [0, 0.05) is 44.4 Å². The number of nitrogen functional groups attached to an aromatic ring is 2. The molecular weight excluding hydrogens is 637 g/mol. The van der Waals surface area contributed by atoms with Crippen molar-refractivity contribution in [1.82, 2.24) is 29.7 Å². The molecule has 0 aliphatic heterocycles. The van der Waals surface area contributed by atoms with E-state index < -0.39 is 29.2 Å². The number of anilines is 2. The predicted octanol–water partition coefficient (Wildman–Crippen LogP) is 5.94. The minimum atomic E-state index is -0.838. The lowest BCUT2D eigenvalue weighted by molar-refractivity contribution is 0.0252. The van der Waals surface area contributed by atoms with Crippen molar-refractivity contribution in [2.45, 2.75) is 79.1 Å². The van der Waals surface area contributed by atoms with Crippen LogP contribution in [0.15, 0.2) is 41.5 Å². The Morgan fingerprint density at radius 1 is 1.00 bits per heavy atom. The number of thiazole rings is 1. The summed E-state index contributed by atoms with van der Waals surface area (Å²) in [6.45, 7) is 13.0. The van der Waals surface area contributed by atoms with Crippen molar-refractivity contribution in [3.8, 4) is 0 Å². The third-order valence-electron chi connectivity index (χ3n) is 6.65. The van der Waals surface area contributed by atoms with Crippen LogP contribution in [-0.2, 0) is 28.9 Å². The van der Waals surface area contributed by atoms with Gasteiger partial charge >= 0.3 is 12.2 Å². The summed E-state index contributed by atoms with van der Waals surface area (Å²) in [5.74, 6) is 0.256. The molecule has 5 N–H and O–H groups in total. The van der Waals surface area contributed by atoms with Crippen LogP contribution in [0.2, 0.25) is 0 Å². The van der Waals surface area contributed by atoms with Gasteiger partial charge < -0.3 is 30.8 Å². The highest BCUT2D eigenvalue weighted by atomic mass is 32.1. The third kappa shape index (κ3) is 9.86. The Kier molecular flexibility index (Phi) is 11.2. The van der Waals surface area contributed by atoms with Crippen LogP contribution in [0.25, 0.3) is 11.0 Å². The number of fused-ring (bicyclic) bond motifs is 1. The SMILES string of the molecule is CCN=C(c1nc(CCN(CCc2nc3ccc(N)cc3[nH]2)C(=O)OC(C)(C)C)sc1N)N(Cc1ncccc1F)C(=O)OC(C)(C)C. The highest BCUT2D eigenvalue weighted by molar-refractivity contribution is 7.15. The molecular formula is C33H44FN9O4S. The molecule has 0 aliphatic carbocycles. The van der Waals surface area contributed by atoms with E-state index >= 15 is 0 Å². The number of carbonyl (C=O) groups excluding carboxylic acids is 2. The molecule has 0 saturated carbocycles. The van der Waals surface area contributed by atoms with Gasteiger partial charge in [-0.15, -0.1) is 11.3 Å². The number of amides is 2. The maximum absolute atomic E-state index is 14.7. The molecule has 4 aromatic rings. The number of benzene rings is 1. The number of aromatic amines is 1. The van der Waals surface area contributed by atoms with Crippen molar-refractivity contribution in [3.63, 3.8) is 0 Å². The number of imidazole rings is 1. The molecule has 0 bridgehead atoms. The van der Waals surface area contributed by atoms with Crippen LogP contribution < -0.4 is 11.5 Å². The molecule has 0 atom stereocenters. The van der Waals surface area contributed by atoms with E-state index in [-0.39, 0.29) is 36.9 Å². The molecule has 0 unspecified atom stereocenters. The van der Waals surface area contributed by atoms with Crippen molar-refractivity contribution in [1.29, 1.82) is 0 Å². The number of aliphatic imine (C=N–C) groups is 1. The molecule has 15 heteroatoms. The molecule has 1 aromatic carbocycles. The zero-order chi connectivity index (χ0) is 35.2. The van der Waals surface area contributed by atoms with Gasteiger partial charge in [0.05, 0.1) is 28.3 Å². The molecule has 0 fully saturated rings. The Morgan fingerprint density at radius 3 is 2.35 bits per heavy atom. The molecule has 0 radical (unpaired) electrons. The normalized spacial score (nSPS) is 12.3. The third-order valence-corrected chi connectivity index (χ3v) is 7.59. The van der Waals surface area contributed by atoms with Crippen LogP contribution in [0.3, 0.4) is 0 Å². The van der Waals surface area contributed by atoms with Crippen molar-refractivity contribution < 1.29 is 23.5 Å². The van der Waals surface area contributed by atoms with Gasteiger partial charge in [-0.2, -0.15) is 0 Å². The maximum Gasteiger partial charge on any atom is 0.416 e. The highest BCUT2D eigenvalue weighted by Gasteiger charge is 2.31. The Morgan fingerprint density at radius 2 is 1.69 bits per heavy atom. The van der Waals surface area contributed by atoms with Gasteiger partial charge in [0.25, 0.3) is 0 Å². The first kappa shape index (κ1) is 36.1. The lowest BCUT2D eigenvalue weighted by atomic mass is 10.2. The summed E-state index contributed by atoms with van der Waals surface area (Å²) in [5.41, 5.74) is 13.4. The van der Waals surface area contributed by atoms with E-state index in [0.717, 1.165) is 11.0 Å². The number of nitrogens with zero attached hydrogens (tertiary/aromatic N) is 6. The van der Waals surface area contributed by atoms with Crippen molar-refractivity contribution in [2.75, 3.05) is 31.1 Å². The van der Waals surface area contributed by atoms with E-state index in [1.165, 1.54) is 34.6 Å². The Labute approximate surface area is 283 Å². The maximum atomic E-state index is 14.7. The van der Waals surface area contributed by atoms with E-state index in [9.17, 15) is 14.0 Å². The van der Waals surface area contributed by atoms with E-state index in [0.29, 0.717) is 40.9 Å². The number of aromatic nitrogens is 4. The number of hydrogen-bond donors (Lipinski definition) is 3. The van der Waals surface area contributed by atoms with Crippen molar-refractivity contribution >= 4 is 51.1 Å². The molecule has 0 aliphatic rings. The molecule has 258 valence electrons. The van der Waals surface area contributed by atoms with Gasteiger partial charge in [0.2, 0.25) is 0 Å². The minimum absolute atomic E-state index is 0.0297. The predicted molar refractivity (Wildman–Crippen MR) is 185 cm³/mol. The molecule has 0 saturated heterocycles. The fourth-order valence-electron chi connectivity index (χ4n) is 4.60. The van der Waals surface area contributed by atoms with E-state index in [1.54, 1.807) is 38.7 Å². The largest absolute Gasteiger partial charge is 0.444 e. The summed E-state index contributed by atoms with van der Waals surface area (Å²) in [4.78, 5) is 50.8. The summed E-state index contributed by atoms with van der Waals surface area (Å²) >= 11 is 1.21. The van der Waals surface area contributed by atoms with Crippen molar-refractivity contribution in [3.05, 3.63) is 64.6 Å². The molecule has 4 rings (SSSR count).